The molecule has 0 atom stereocenters. The SMILES string of the molecule is Oc1c(O)c(O)c(-c2nc(-c3ccccc3)nc(-c3ccc4c(c3)sc3cccc(-n5c6ccccc6c6c(-n7c8ccccc8c8ccccc87)cccc65)c34)n2)c(O)c1O. The highest BCUT2D eigenvalue weighted by molar-refractivity contribution is 7.26. The topological polar surface area (TPSA) is 150 Å². The van der Waals surface area contributed by atoms with Crippen molar-refractivity contribution in [1.29, 1.82) is 0 Å². The summed E-state index contributed by atoms with van der Waals surface area (Å²) in [5, 5.41) is 59.5. The van der Waals surface area contributed by atoms with Crippen molar-refractivity contribution in [2.75, 3.05) is 0 Å². The molecular weight excluding hydrogens is 795 g/mol. The number of hydrogen-bond acceptors (Lipinski definition) is 9. The minimum Gasteiger partial charge on any atom is -0.504 e. The molecular formula is C51H31N5O5S. The highest BCUT2D eigenvalue weighted by atomic mass is 32.1. The minimum atomic E-state index is -1.07. The Morgan fingerprint density at radius 2 is 0.855 bits per heavy atom. The van der Waals surface area contributed by atoms with E-state index in [9.17, 15) is 25.5 Å². The van der Waals surface area contributed by atoms with Crippen LogP contribution in [0.15, 0.2) is 158 Å². The van der Waals surface area contributed by atoms with Gasteiger partial charge in [0.15, 0.2) is 29.0 Å². The molecule has 10 nitrogen and oxygen atoms in total. The molecule has 5 N–H and O–H groups in total. The van der Waals surface area contributed by atoms with Crippen LogP contribution < -0.4 is 0 Å². The van der Waals surface area contributed by atoms with E-state index in [1.165, 1.54) is 10.8 Å². The molecule has 0 aliphatic heterocycles. The van der Waals surface area contributed by atoms with Crippen molar-refractivity contribution in [3.05, 3.63) is 158 Å². The molecule has 11 heteroatoms. The first-order valence-electron chi connectivity index (χ1n) is 19.8. The van der Waals surface area contributed by atoms with Crippen LogP contribution in [0.3, 0.4) is 0 Å². The predicted molar refractivity (Wildman–Crippen MR) is 246 cm³/mol. The summed E-state index contributed by atoms with van der Waals surface area (Å²) in [5.41, 5.74) is 7.41. The van der Waals surface area contributed by atoms with Gasteiger partial charge in [-0.25, -0.2) is 15.0 Å². The third-order valence-electron chi connectivity index (χ3n) is 11.7. The van der Waals surface area contributed by atoms with Crippen LogP contribution >= 0.6 is 11.3 Å². The molecule has 0 aliphatic rings. The summed E-state index contributed by atoms with van der Waals surface area (Å²) in [4.78, 5) is 14.0. The number of nitrogens with zero attached hydrogens (tertiary/aromatic N) is 5. The number of hydrogen-bond donors (Lipinski definition) is 5. The smallest absolute Gasteiger partial charge is 0.208 e. The van der Waals surface area contributed by atoms with Crippen LogP contribution in [0.1, 0.15) is 0 Å². The summed E-state index contributed by atoms with van der Waals surface area (Å²) in [5.74, 6) is -4.68. The second kappa shape index (κ2) is 13.3. The molecule has 0 bridgehead atoms. The van der Waals surface area contributed by atoms with E-state index in [-0.39, 0.29) is 17.5 Å². The average molecular weight is 826 g/mol. The maximum absolute atomic E-state index is 10.9. The van der Waals surface area contributed by atoms with Crippen molar-refractivity contribution in [2.45, 2.75) is 0 Å². The third-order valence-corrected chi connectivity index (χ3v) is 12.9. The zero-order valence-electron chi connectivity index (χ0n) is 32.4. The Balaban J connectivity index is 1.07. The number of rotatable bonds is 5. The van der Waals surface area contributed by atoms with Crippen molar-refractivity contribution >= 4 is 75.1 Å². The van der Waals surface area contributed by atoms with Gasteiger partial charge in [-0.3, -0.25) is 0 Å². The number of thiophene rings is 1. The van der Waals surface area contributed by atoms with Crippen LogP contribution in [-0.4, -0.2) is 49.6 Å². The molecule has 0 radical (unpaired) electrons. The van der Waals surface area contributed by atoms with E-state index in [0.29, 0.717) is 11.1 Å². The first-order chi connectivity index (χ1) is 30.4. The fraction of sp³-hybridized carbons (Fsp3) is 0. The van der Waals surface area contributed by atoms with E-state index in [1.807, 2.05) is 42.5 Å². The lowest BCUT2D eigenvalue weighted by atomic mass is 10.1. The molecule has 0 amide bonds. The Kier molecular flexibility index (Phi) is 7.62. The number of aromatic hydroxyl groups is 5. The highest BCUT2D eigenvalue weighted by Crippen LogP contribution is 2.54. The zero-order valence-corrected chi connectivity index (χ0v) is 33.2. The van der Waals surface area contributed by atoms with Crippen molar-refractivity contribution in [2.24, 2.45) is 0 Å². The van der Waals surface area contributed by atoms with Crippen LogP contribution in [0.2, 0.25) is 0 Å². The van der Waals surface area contributed by atoms with Gasteiger partial charge in [0.25, 0.3) is 0 Å². The van der Waals surface area contributed by atoms with Gasteiger partial charge in [0.05, 0.1) is 33.4 Å². The van der Waals surface area contributed by atoms with Gasteiger partial charge in [0, 0.05) is 52.8 Å². The van der Waals surface area contributed by atoms with Crippen LogP contribution in [-0.2, 0) is 0 Å². The largest absolute Gasteiger partial charge is 0.504 e. The predicted octanol–water partition coefficient (Wildman–Crippen LogP) is 12.0. The van der Waals surface area contributed by atoms with E-state index in [0.717, 1.165) is 64.4 Å². The first-order valence-corrected chi connectivity index (χ1v) is 20.6. The number of aromatic nitrogens is 5. The van der Waals surface area contributed by atoms with Gasteiger partial charge in [-0.2, -0.15) is 0 Å². The molecule has 4 aromatic heterocycles. The zero-order chi connectivity index (χ0) is 41.8. The van der Waals surface area contributed by atoms with Gasteiger partial charge < -0.3 is 34.7 Å². The van der Waals surface area contributed by atoms with Crippen LogP contribution in [0.5, 0.6) is 28.7 Å². The van der Waals surface area contributed by atoms with Gasteiger partial charge in [0.2, 0.25) is 17.2 Å². The third kappa shape index (κ3) is 5.06. The Morgan fingerprint density at radius 1 is 0.355 bits per heavy atom. The first kappa shape index (κ1) is 35.5. The summed E-state index contributed by atoms with van der Waals surface area (Å²) in [6.07, 6.45) is 0. The fourth-order valence-electron chi connectivity index (χ4n) is 8.99. The number of phenols is 5. The molecule has 0 unspecified atom stereocenters. The number of fused-ring (bicyclic) bond motifs is 9. The van der Waals surface area contributed by atoms with E-state index < -0.39 is 34.3 Å². The molecule has 4 heterocycles. The van der Waals surface area contributed by atoms with Crippen molar-refractivity contribution in [3.63, 3.8) is 0 Å². The molecule has 0 aliphatic carbocycles. The summed E-state index contributed by atoms with van der Waals surface area (Å²) in [6.45, 7) is 0. The lowest BCUT2D eigenvalue weighted by molar-refractivity contribution is 0.329. The van der Waals surface area contributed by atoms with Crippen LogP contribution in [0.4, 0.5) is 0 Å². The maximum atomic E-state index is 10.9. The molecule has 0 saturated heterocycles. The molecule has 8 aromatic carbocycles. The molecule has 62 heavy (non-hydrogen) atoms. The van der Waals surface area contributed by atoms with Gasteiger partial charge >= 0.3 is 0 Å². The Morgan fingerprint density at radius 3 is 1.53 bits per heavy atom. The quantitative estimate of drug-likeness (QED) is 0.0850. The minimum absolute atomic E-state index is 0.222. The van der Waals surface area contributed by atoms with E-state index >= 15 is 0 Å². The lowest BCUT2D eigenvalue weighted by Gasteiger charge is -2.13. The molecule has 0 saturated carbocycles. The summed E-state index contributed by atoms with van der Waals surface area (Å²) in [7, 11) is 0. The van der Waals surface area contributed by atoms with Gasteiger partial charge in [-0.1, -0.05) is 109 Å². The Hall–Kier alpha value is -8.41. The lowest BCUT2D eigenvalue weighted by Crippen LogP contribution is -2.00. The Labute approximate surface area is 355 Å². The number of para-hydroxylation sites is 3. The van der Waals surface area contributed by atoms with Crippen molar-refractivity contribution < 1.29 is 25.5 Å². The molecule has 296 valence electrons. The highest BCUT2D eigenvalue weighted by Gasteiger charge is 2.28. The molecule has 12 aromatic rings. The van der Waals surface area contributed by atoms with Crippen LogP contribution in [0, 0.1) is 0 Å². The Bertz CT molecular complexity index is 3750. The van der Waals surface area contributed by atoms with Crippen molar-refractivity contribution in [3.8, 4) is 74.3 Å². The number of phenolic OH excluding ortho intramolecular Hbond substituents is 5. The van der Waals surface area contributed by atoms with Crippen molar-refractivity contribution in [1.82, 2.24) is 24.1 Å². The average Bonchev–Trinajstić information content (AvgIpc) is 3.98. The van der Waals surface area contributed by atoms with Crippen LogP contribution in [0.25, 0.3) is 109 Å². The fourth-order valence-corrected chi connectivity index (χ4v) is 10.2. The molecule has 0 spiro atoms. The van der Waals surface area contributed by atoms with E-state index in [2.05, 4.69) is 134 Å². The van der Waals surface area contributed by atoms with Gasteiger partial charge in [0.1, 0.15) is 5.56 Å². The molecule has 0 fully saturated rings. The summed E-state index contributed by atoms with van der Waals surface area (Å²) in [6, 6.07) is 53.8. The molecule has 12 rings (SSSR count). The second-order valence-corrected chi connectivity index (χ2v) is 16.2. The standard InChI is InChI=1S/C51H31N5O5S/c57-44-43(45(58)47(60)48(61)46(44)59)51-53-49(27-12-2-1-3-13-27)52-50(54-51)28-24-25-32-40(26-28)62-39-23-11-22-38(42(32)39)56-35-19-9-6-16-31(35)41-36(20-10-21-37(41)56)55-33-17-7-4-14-29(33)30-15-5-8-18-34(30)55/h1-26,57-61H. The maximum Gasteiger partial charge on any atom is 0.208 e. The second-order valence-electron chi connectivity index (χ2n) is 15.1. The van der Waals surface area contributed by atoms with Gasteiger partial charge in [-0.05, 0) is 48.5 Å². The monoisotopic (exact) mass is 825 g/mol. The van der Waals surface area contributed by atoms with E-state index in [4.69, 9.17) is 4.98 Å². The van der Waals surface area contributed by atoms with E-state index in [1.54, 1.807) is 11.3 Å². The van der Waals surface area contributed by atoms with Gasteiger partial charge in [-0.15, -0.1) is 11.3 Å². The summed E-state index contributed by atoms with van der Waals surface area (Å²) >= 11 is 1.65. The summed E-state index contributed by atoms with van der Waals surface area (Å²) < 4.78 is 6.82. The normalized spacial score (nSPS) is 11.9. The number of benzene rings is 8.